The van der Waals surface area contributed by atoms with Crippen LogP contribution >= 0.6 is 11.6 Å². The zero-order valence-electron chi connectivity index (χ0n) is 9.58. The summed E-state index contributed by atoms with van der Waals surface area (Å²) in [5, 5.41) is 0.711. The molecule has 0 radical (unpaired) electrons. The quantitative estimate of drug-likeness (QED) is 0.877. The first-order valence-corrected chi connectivity index (χ1v) is 6.23. The van der Waals surface area contributed by atoms with Crippen LogP contribution < -0.4 is 10.5 Å². The zero-order chi connectivity index (χ0) is 11.5. The Labute approximate surface area is 102 Å². The lowest BCUT2D eigenvalue weighted by Crippen LogP contribution is -2.37. The summed E-state index contributed by atoms with van der Waals surface area (Å²) in [4.78, 5) is 0. The van der Waals surface area contributed by atoms with E-state index in [0.29, 0.717) is 17.7 Å². The molecular weight excluding hydrogens is 222 g/mol. The molecule has 0 unspecified atom stereocenters. The van der Waals surface area contributed by atoms with E-state index in [1.54, 1.807) is 0 Å². The van der Waals surface area contributed by atoms with Crippen LogP contribution in [-0.2, 0) is 6.42 Å². The van der Waals surface area contributed by atoms with Gasteiger partial charge in [-0.2, -0.15) is 0 Å². The van der Waals surface area contributed by atoms with Gasteiger partial charge in [0.2, 0.25) is 0 Å². The fourth-order valence-electron chi connectivity index (χ4n) is 2.23. The lowest BCUT2D eigenvalue weighted by Gasteiger charge is -2.32. The second-order valence-electron chi connectivity index (χ2n) is 4.50. The Morgan fingerprint density at radius 2 is 2.19 bits per heavy atom. The molecule has 0 heterocycles. The first-order valence-electron chi connectivity index (χ1n) is 5.86. The summed E-state index contributed by atoms with van der Waals surface area (Å²) in [6.45, 7) is 2.61. The Hall–Kier alpha value is -0.730. The number of rotatable bonds is 4. The van der Waals surface area contributed by atoms with Crippen molar-refractivity contribution in [3.8, 4) is 5.75 Å². The fraction of sp³-hybridized carbons (Fsp3) is 0.538. The van der Waals surface area contributed by atoms with Crippen LogP contribution in [0.1, 0.15) is 25.3 Å². The topological polar surface area (TPSA) is 35.2 Å². The van der Waals surface area contributed by atoms with Crippen molar-refractivity contribution in [2.45, 2.75) is 32.2 Å². The van der Waals surface area contributed by atoms with Crippen LogP contribution in [0.15, 0.2) is 18.2 Å². The van der Waals surface area contributed by atoms with E-state index in [1.165, 1.54) is 5.56 Å². The minimum atomic E-state index is 0.420. The maximum atomic E-state index is 6.13. The normalized spacial score (nSPS) is 23.9. The average Bonchev–Trinajstić information content (AvgIpc) is 2.20. The van der Waals surface area contributed by atoms with E-state index >= 15 is 0 Å². The van der Waals surface area contributed by atoms with Gasteiger partial charge in [0.25, 0.3) is 0 Å². The SMILES string of the molecule is CCOc1ccc(CC2CC(N)C2)cc1Cl. The predicted molar refractivity (Wildman–Crippen MR) is 67.0 cm³/mol. The van der Waals surface area contributed by atoms with Crippen molar-refractivity contribution in [3.05, 3.63) is 28.8 Å². The average molecular weight is 240 g/mol. The molecule has 1 aromatic rings. The molecule has 1 aliphatic carbocycles. The maximum absolute atomic E-state index is 6.13. The lowest BCUT2D eigenvalue weighted by atomic mass is 9.77. The van der Waals surface area contributed by atoms with Crippen molar-refractivity contribution in [3.63, 3.8) is 0 Å². The molecule has 0 aromatic heterocycles. The van der Waals surface area contributed by atoms with Gasteiger partial charge in [0.05, 0.1) is 11.6 Å². The fourth-order valence-corrected chi connectivity index (χ4v) is 2.49. The van der Waals surface area contributed by atoms with Crippen LogP contribution in [0, 0.1) is 5.92 Å². The summed E-state index contributed by atoms with van der Waals surface area (Å²) in [6.07, 6.45) is 3.37. The highest BCUT2D eigenvalue weighted by Gasteiger charge is 2.25. The van der Waals surface area contributed by atoms with Crippen LogP contribution in [0.4, 0.5) is 0 Å². The largest absolute Gasteiger partial charge is 0.492 e. The van der Waals surface area contributed by atoms with Crippen molar-refractivity contribution < 1.29 is 4.74 Å². The van der Waals surface area contributed by atoms with Crippen LogP contribution in [0.2, 0.25) is 5.02 Å². The maximum Gasteiger partial charge on any atom is 0.137 e. The molecule has 0 spiro atoms. The molecule has 0 bridgehead atoms. The molecule has 2 N–H and O–H groups in total. The molecule has 3 heteroatoms. The number of halogens is 1. The van der Waals surface area contributed by atoms with Crippen molar-refractivity contribution in [1.82, 2.24) is 0 Å². The van der Waals surface area contributed by atoms with Gasteiger partial charge in [-0.15, -0.1) is 0 Å². The highest BCUT2D eigenvalue weighted by Crippen LogP contribution is 2.32. The van der Waals surface area contributed by atoms with E-state index in [-0.39, 0.29) is 0 Å². The minimum absolute atomic E-state index is 0.420. The van der Waals surface area contributed by atoms with Crippen molar-refractivity contribution in [1.29, 1.82) is 0 Å². The van der Waals surface area contributed by atoms with Crippen LogP contribution in [0.3, 0.4) is 0 Å². The first-order chi connectivity index (χ1) is 7.69. The Bertz CT molecular complexity index is 361. The van der Waals surface area contributed by atoms with Gasteiger partial charge in [-0.3, -0.25) is 0 Å². The van der Waals surface area contributed by atoms with E-state index < -0.39 is 0 Å². The molecular formula is C13H18ClNO. The molecule has 1 fully saturated rings. The van der Waals surface area contributed by atoms with Gasteiger partial charge in [0.1, 0.15) is 5.75 Å². The first kappa shape index (κ1) is 11.7. The van der Waals surface area contributed by atoms with Crippen LogP contribution in [-0.4, -0.2) is 12.6 Å². The monoisotopic (exact) mass is 239 g/mol. The standard InChI is InChI=1S/C13H18ClNO/c1-2-16-13-4-3-9(8-12(13)14)5-10-6-11(15)7-10/h3-4,8,10-11H,2,5-7,15H2,1H3. The van der Waals surface area contributed by atoms with E-state index in [4.69, 9.17) is 22.1 Å². The molecule has 2 rings (SSSR count). The number of ether oxygens (including phenoxy) is 1. The molecule has 0 atom stereocenters. The Kier molecular flexibility index (Phi) is 3.72. The van der Waals surface area contributed by atoms with Gasteiger partial charge in [-0.05, 0) is 49.8 Å². The summed E-state index contributed by atoms with van der Waals surface area (Å²) in [5.74, 6) is 1.52. The number of nitrogens with two attached hydrogens (primary N) is 1. The molecule has 2 nitrogen and oxygen atoms in total. The van der Waals surface area contributed by atoms with Crippen LogP contribution in [0.25, 0.3) is 0 Å². The van der Waals surface area contributed by atoms with E-state index in [2.05, 4.69) is 6.07 Å². The van der Waals surface area contributed by atoms with Gasteiger partial charge < -0.3 is 10.5 Å². The Morgan fingerprint density at radius 1 is 1.44 bits per heavy atom. The molecule has 1 aromatic carbocycles. The molecule has 0 aliphatic heterocycles. The summed E-state index contributed by atoms with van der Waals surface area (Å²) in [7, 11) is 0. The third-order valence-corrected chi connectivity index (χ3v) is 3.39. The molecule has 0 saturated heterocycles. The number of hydrogen-bond acceptors (Lipinski definition) is 2. The Morgan fingerprint density at radius 3 is 2.75 bits per heavy atom. The third kappa shape index (κ3) is 2.69. The van der Waals surface area contributed by atoms with Crippen molar-refractivity contribution in [2.24, 2.45) is 11.7 Å². The van der Waals surface area contributed by atoms with Gasteiger partial charge in [0.15, 0.2) is 0 Å². The third-order valence-electron chi connectivity index (χ3n) is 3.09. The highest BCUT2D eigenvalue weighted by molar-refractivity contribution is 6.32. The lowest BCUT2D eigenvalue weighted by molar-refractivity contribution is 0.264. The van der Waals surface area contributed by atoms with Gasteiger partial charge >= 0.3 is 0 Å². The number of hydrogen-bond donors (Lipinski definition) is 1. The molecule has 0 amide bonds. The molecule has 1 aliphatic rings. The second kappa shape index (κ2) is 5.07. The highest BCUT2D eigenvalue weighted by atomic mass is 35.5. The minimum Gasteiger partial charge on any atom is -0.492 e. The molecule has 88 valence electrons. The van der Waals surface area contributed by atoms with E-state index in [9.17, 15) is 0 Å². The van der Waals surface area contributed by atoms with Gasteiger partial charge in [-0.25, -0.2) is 0 Å². The Balaban J connectivity index is 1.98. The molecule has 1 saturated carbocycles. The summed E-state index contributed by atoms with van der Waals surface area (Å²) in [5.41, 5.74) is 7.05. The van der Waals surface area contributed by atoms with E-state index in [1.807, 2.05) is 19.1 Å². The summed E-state index contributed by atoms with van der Waals surface area (Å²) >= 11 is 6.13. The predicted octanol–water partition coefficient (Wildman–Crippen LogP) is 3.02. The van der Waals surface area contributed by atoms with Gasteiger partial charge in [0, 0.05) is 6.04 Å². The van der Waals surface area contributed by atoms with Crippen LogP contribution in [0.5, 0.6) is 5.75 Å². The summed E-state index contributed by atoms with van der Waals surface area (Å²) < 4.78 is 5.40. The second-order valence-corrected chi connectivity index (χ2v) is 4.91. The van der Waals surface area contributed by atoms with Crippen molar-refractivity contribution >= 4 is 11.6 Å². The summed E-state index contributed by atoms with van der Waals surface area (Å²) in [6, 6.07) is 6.49. The van der Waals surface area contributed by atoms with Crippen molar-refractivity contribution in [2.75, 3.05) is 6.61 Å². The zero-order valence-corrected chi connectivity index (χ0v) is 10.3. The van der Waals surface area contributed by atoms with Gasteiger partial charge in [-0.1, -0.05) is 17.7 Å². The smallest absolute Gasteiger partial charge is 0.137 e. The van der Waals surface area contributed by atoms with E-state index in [0.717, 1.165) is 30.9 Å². The molecule has 16 heavy (non-hydrogen) atoms. The number of benzene rings is 1.